The zero-order valence-corrected chi connectivity index (χ0v) is 19.2. The maximum absolute atomic E-state index is 14.0. The zero-order chi connectivity index (χ0) is 23.4. The number of rotatable bonds is 5. The first-order chi connectivity index (χ1) is 15.8. The van der Waals surface area contributed by atoms with Gasteiger partial charge in [0.2, 0.25) is 5.91 Å². The fraction of sp³-hybridized carbons (Fsp3) is 0.370. The van der Waals surface area contributed by atoms with Crippen LogP contribution in [0.15, 0.2) is 60.9 Å². The van der Waals surface area contributed by atoms with Gasteiger partial charge in [-0.15, -0.1) is 0 Å². The molecule has 1 N–H and O–H groups in total. The van der Waals surface area contributed by atoms with Gasteiger partial charge in [-0.1, -0.05) is 30.3 Å². The van der Waals surface area contributed by atoms with Gasteiger partial charge in [0.05, 0.1) is 5.56 Å². The van der Waals surface area contributed by atoms with Gasteiger partial charge >= 0.3 is 0 Å². The summed E-state index contributed by atoms with van der Waals surface area (Å²) in [6.45, 7) is 4.68. The van der Waals surface area contributed by atoms with Crippen molar-refractivity contribution < 1.29 is 14.0 Å². The van der Waals surface area contributed by atoms with Gasteiger partial charge in [0.25, 0.3) is 5.91 Å². The van der Waals surface area contributed by atoms with E-state index in [-0.39, 0.29) is 11.5 Å². The van der Waals surface area contributed by atoms with E-state index in [1.807, 2.05) is 23.4 Å². The van der Waals surface area contributed by atoms with Crippen LogP contribution in [0.2, 0.25) is 0 Å². The standard InChI is InChI=1S/C27H30FN3O2/c1-27(2,30-25(32)23-7-3-4-8-24(23)28)26(33)31-14-5-6-19(12-15-31)16-20-9-10-22-18-29-13-11-21(22)17-20/h3-4,7-11,13,17-19H,5-6,12,14-16H2,1-2H3,(H,30,32). The van der Waals surface area contributed by atoms with Crippen LogP contribution in [-0.2, 0) is 11.2 Å². The largest absolute Gasteiger partial charge is 0.341 e. The Morgan fingerprint density at radius 1 is 1.09 bits per heavy atom. The number of carbonyl (C=O) groups excluding carboxylic acids is 2. The predicted molar refractivity (Wildman–Crippen MR) is 127 cm³/mol. The van der Waals surface area contributed by atoms with Crippen LogP contribution in [0.4, 0.5) is 4.39 Å². The summed E-state index contributed by atoms with van der Waals surface area (Å²) in [6, 6.07) is 14.3. The molecule has 172 valence electrons. The lowest BCUT2D eigenvalue weighted by atomic mass is 9.92. The number of likely N-dealkylation sites (tertiary alicyclic amines) is 1. The Morgan fingerprint density at radius 3 is 2.73 bits per heavy atom. The SMILES string of the molecule is CC(C)(NC(=O)c1ccccc1F)C(=O)N1CCCC(Cc2ccc3cnccc3c2)CC1. The molecule has 33 heavy (non-hydrogen) atoms. The number of halogens is 1. The summed E-state index contributed by atoms with van der Waals surface area (Å²) in [4.78, 5) is 31.8. The van der Waals surface area contributed by atoms with Gasteiger partial charge < -0.3 is 10.2 Å². The molecule has 1 aliphatic rings. The Labute approximate surface area is 194 Å². The second-order valence-electron chi connectivity index (χ2n) is 9.41. The van der Waals surface area contributed by atoms with E-state index in [4.69, 9.17) is 0 Å². The average molecular weight is 448 g/mol. The van der Waals surface area contributed by atoms with E-state index in [2.05, 4.69) is 28.5 Å². The van der Waals surface area contributed by atoms with Gasteiger partial charge in [-0.3, -0.25) is 14.6 Å². The van der Waals surface area contributed by atoms with Crippen LogP contribution in [0.3, 0.4) is 0 Å². The highest BCUT2D eigenvalue weighted by atomic mass is 19.1. The van der Waals surface area contributed by atoms with E-state index >= 15 is 0 Å². The third-order valence-electron chi connectivity index (χ3n) is 6.44. The molecule has 2 heterocycles. The minimum absolute atomic E-state index is 0.0551. The molecule has 1 aliphatic heterocycles. The molecular weight excluding hydrogens is 417 g/mol. The van der Waals surface area contributed by atoms with Crippen molar-refractivity contribution in [1.29, 1.82) is 0 Å². The van der Waals surface area contributed by atoms with Crippen molar-refractivity contribution in [2.24, 2.45) is 5.92 Å². The lowest BCUT2D eigenvalue weighted by Crippen LogP contribution is -2.56. The van der Waals surface area contributed by atoms with E-state index in [0.29, 0.717) is 19.0 Å². The molecular formula is C27H30FN3O2. The Balaban J connectivity index is 1.37. The summed E-state index contributed by atoms with van der Waals surface area (Å²) < 4.78 is 14.0. The number of hydrogen-bond acceptors (Lipinski definition) is 3. The third kappa shape index (κ3) is 5.38. The number of fused-ring (bicyclic) bond motifs is 1. The van der Waals surface area contributed by atoms with Crippen molar-refractivity contribution in [3.05, 3.63) is 77.9 Å². The molecule has 2 aromatic carbocycles. The topological polar surface area (TPSA) is 62.3 Å². The molecule has 0 spiro atoms. The highest BCUT2D eigenvalue weighted by molar-refractivity contribution is 5.99. The third-order valence-corrected chi connectivity index (χ3v) is 6.44. The molecule has 1 saturated heterocycles. The highest BCUT2D eigenvalue weighted by Crippen LogP contribution is 2.25. The van der Waals surface area contributed by atoms with Crippen LogP contribution >= 0.6 is 0 Å². The quantitative estimate of drug-likeness (QED) is 0.614. The maximum atomic E-state index is 14.0. The first kappa shape index (κ1) is 22.9. The maximum Gasteiger partial charge on any atom is 0.255 e. The molecule has 0 aliphatic carbocycles. The smallest absolute Gasteiger partial charge is 0.255 e. The summed E-state index contributed by atoms with van der Waals surface area (Å²) in [7, 11) is 0. The van der Waals surface area contributed by atoms with Gasteiger partial charge in [-0.25, -0.2) is 4.39 Å². The van der Waals surface area contributed by atoms with E-state index in [1.54, 1.807) is 19.9 Å². The number of benzene rings is 2. The lowest BCUT2D eigenvalue weighted by molar-refractivity contribution is -0.136. The zero-order valence-electron chi connectivity index (χ0n) is 19.2. The van der Waals surface area contributed by atoms with Crippen LogP contribution in [0.1, 0.15) is 49.0 Å². The number of aromatic nitrogens is 1. The fourth-order valence-electron chi connectivity index (χ4n) is 4.61. The average Bonchev–Trinajstić information content (AvgIpc) is 3.04. The number of nitrogens with zero attached hydrogens (tertiary/aromatic N) is 2. The Bertz CT molecular complexity index is 1160. The van der Waals surface area contributed by atoms with Gasteiger partial charge in [0.1, 0.15) is 11.4 Å². The molecule has 5 nitrogen and oxygen atoms in total. The van der Waals surface area contributed by atoms with Crippen molar-refractivity contribution in [1.82, 2.24) is 15.2 Å². The predicted octanol–water partition coefficient (Wildman–Crippen LogP) is 4.75. The summed E-state index contributed by atoms with van der Waals surface area (Å²) in [6.07, 6.45) is 7.56. The first-order valence-corrected chi connectivity index (χ1v) is 11.5. The van der Waals surface area contributed by atoms with E-state index < -0.39 is 17.3 Å². The normalized spacial score (nSPS) is 16.9. The summed E-state index contributed by atoms with van der Waals surface area (Å²) in [5, 5.41) is 5.06. The molecule has 4 rings (SSSR count). The van der Waals surface area contributed by atoms with Gasteiger partial charge in [-0.05, 0) is 74.6 Å². The van der Waals surface area contributed by atoms with E-state index in [0.717, 1.165) is 31.1 Å². The van der Waals surface area contributed by atoms with Gasteiger partial charge in [0.15, 0.2) is 0 Å². The van der Waals surface area contributed by atoms with Gasteiger partial charge in [0, 0.05) is 30.9 Å². The molecule has 1 unspecified atom stereocenters. The Hall–Kier alpha value is -3.28. The highest BCUT2D eigenvalue weighted by Gasteiger charge is 2.35. The van der Waals surface area contributed by atoms with Crippen molar-refractivity contribution in [3.8, 4) is 0 Å². The summed E-state index contributed by atoms with van der Waals surface area (Å²) >= 11 is 0. The molecule has 3 aromatic rings. The molecule has 6 heteroatoms. The van der Waals surface area contributed by atoms with Crippen molar-refractivity contribution >= 4 is 22.6 Å². The molecule has 1 fully saturated rings. The molecule has 1 atom stereocenters. The number of amides is 2. The minimum Gasteiger partial charge on any atom is -0.341 e. The summed E-state index contributed by atoms with van der Waals surface area (Å²) in [5.41, 5.74) is 0.127. The van der Waals surface area contributed by atoms with Crippen LogP contribution < -0.4 is 5.32 Å². The molecule has 1 aromatic heterocycles. The summed E-state index contributed by atoms with van der Waals surface area (Å²) in [5.74, 6) is -0.810. The van der Waals surface area contributed by atoms with Crippen molar-refractivity contribution in [3.63, 3.8) is 0 Å². The molecule has 0 radical (unpaired) electrons. The van der Waals surface area contributed by atoms with E-state index in [9.17, 15) is 14.0 Å². The van der Waals surface area contributed by atoms with Crippen LogP contribution in [0.25, 0.3) is 10.8 Å². The van der Waals surface area contributed by atoms with Crippen LogP contribution in [0, 0.1) is 11.7 Å². The monoisotopic (exact) mass is 447 g/mol. The number of hydrogen-bond donors (Lipinski definition) is 1. The van der Waals surface area contributed by atoms with Crippen LogP contribution in [0.5, 0.6) is 0 Å². The second kappa shape index (κ2) is 9.69. The lowest BCUT2D eigenvalue weighted by Gasteiger charge is -2.32. The first-order valence-electron chi connectivity index (χ1n) is 11.5. The van der Waals surface area contributed by atoms with E-state index in [1.165, 1.54) is 29.1 Å². The van der Waals surface area contributed by atoms with Gasteiger partial charge in [-0.2, -0.15) is 0 Å². The van der Waals surface area contributed by atoms with Crippen molar-refractivity contribution in [2.75, 3.05) is 13.1 Å². The van der Waals surface area contributed by atoms with Crippen molar-refractivity contribution in [2.45, 2.75) is 45.1 Å². The minimum atomic E-state index is -1.12. The number of pyridine rings is 1. The second-order valence-corrected chi connectivity index (χ2v) is 9.41. The number of carbonyl (C=O) groups is 2. The van der Waals surface area contributed by atoms with Crippen LogP contribution in [-0.4, -0.2) is 40.3 Å². The Kier molecular flexibility index (Phi) is 6.72. The molecule has 2 amide bonds. The molecule has 0 bridgehead atoms. The fourth-order valence-corrected chi connectivity index (χ4v) is 4.61. The molecule has 0 saturated carbocycles. The Morgan fingerprint density at radius 2 is 1.91 bits per heavy atom. The number of nitrogens with one attached hydrogen (secondary N) is 1.